The molecule has 1 aliphatic heterocycles. The molecule has 4 rings (SSSR count). The van der Waals surface area contributed by atoms with Crippen molar-refractivity contribution in [2.75, 3.05) is 14.2 Å². The zero-order valence-electron chi connectivity index (χ0n) is 18.3. The second kappa shape index (κ2) is 10.2. The minimum Gasteiger partial charge on any atom is -0.496 e. The van der Waals surface area contributed by atoms with Crippen molar-refractivity contribution in [1.29, 1.82) is 0 Å². The normalized spacial score (nSPS) is 18.8. The van der Waals surface area contributed by atoms with Crippen LogP contribution in [0.5, 0.6) is 11.5 Å². The Morgan fingerprint density at radius 3 is 2.50 bits per heavy atom. The van der Waals surface area contributed by atoms with Crippen LogP contribution in [0.1, 0.15) is 36.4 Å². The van der Waals surface area contributed by atoms with Gasteiger partial charge in [-0.1, -0.05) is 23.7 Å². The molecule has 1 aliphatic rings. The molecule has 0 saturated carbocycles. The van der Waals surface area contributed by atoms with Crippen molar-refractivity contribution in [3.63, 3.8) is 0 Å². The summed E-state index contributed by atoms with van der Waals surface area (Å²) in [6.45, 7) is 0.579. The van der Waals surface area contributed by atoms with Gasteiger partial charge in [-0.25, -0.2) is 0 Å². The number of nitrogens with zero attached hydrogens (tertiary/aromatic N) is 2. The minimum atomic E-state index is -0.194. The van der Waals surface area contributed by atoms with Crippen molar-refractivity contribution >= 4 is 17.9 Å². The van der Waals surface area contributed by atoms with Crippen LogP contribution in [-0.4, -0.2) is 36.4 Å². The monoisotopic (exact) mass is 450 g/mol. The quantitative estimate of drug-likeness (QED) is 0.431. The maximum absolute atomic E-state index is 12.1. The van der Waals surface area contributed by atoms with Crippen LogP contribution in [0.3, 0.4) is 0 Å². The molecule has 5 nitrogen and oxygen atoms in total. The van der Waals surface area contributed by atoms with Gasteiger partial charge in [-0.3, -0.25) is 9.88 Å². The van der Waals surface area contributed by atoms with Crippen LogP contribution in [0.15, 0.2) is 60.8 Å². The van der Waals surface area contributed by atoms with E-state index < -0.39 is 0 Å². The van der Waals surface area contributed by atoms with E-state index in [1.54, 1.807) is 20.4 Å². The van der Waals surface area contributed by atoms with Crippen molar-refractivity contribution in [2.45, 2.75) is 37.9 Å². The summed E-state index contributed by atoms with van der Waals surface area (Å²) >= 11 is 6.48. The van der Waals surface area contributed by atoms with Gasteiger partial charge in [0.15, 0.2) is 0 Å². The van der Waals surface area contributed by atoms with Gasteiger partial charge in [-0.15, -0.1) is 0 Å². The van der Waals surface area contributed by atoms with Crippen LogP contribution in [0.4, 0.5) is 0 Å². The molecule has 2 heterocycles. The lowest BCUT2D eigenvalue weighted by atomic mass is 9.89. The van der Waals surface area contributed by atoms with E-state index in [2.05, 4.69) is 16.0 Å². The van der Waals surface area contributed by atoms with Gasteiger partial charge in [-0.05, 0) is 67.3 Å². The predicted octanol–water partition coefficient (Wildman–Crippen LogP) is 5.71. The second-order valence-electron chi connectivity index (χ2n) is 7.96. The molecule has 0 radical (unpaired) electrons. The van der Waals surface area contributed by atoms with Crippen molar-refractivity contribution in [3.8, 4) is 22.8 Å². The molecule has 2 aromatic carbocycles. The molecule has 32 heavy (non-hydrogen) atoms. The molecule has 1 saturated heterocycles. The highest BCUT2D eigenvalue weighted by molar-refractivity contribution is 6.30. The van der Waals surface area contributed by atoms with Gasteiger partial charge < -0.3 is 14.3 Å². The van der Waals surface area contributed by atoms with E-state index in [1.807, 2.05) is 48.5 Å². The molecule has 3 aromatic rings. The van der Waals surface area contributed by atoms with Crippen LogP contribution >= 0.6 is 11.6 Å². The van der Waals surface area contributed by atoms with Crippen molar-refractivity contribution in [3.05, 3.63) is 76.9 Å². The van der Waals surface area contributed by atoms with Gasteiger partial charge in [-0.2, -0.15) is 0 Å². The molecule has 0 N–H and O–H groups in total. The molecule has 0 spiro atoms. The first-order chi connectivity index (χ1) is 15.6. The number of methoxy groups -OCH3 is 2. The highest BCUT2D eigenvalue weighted by atomic mass is 35.5. The number of benzene rings is 2. The van der Waals surface area contributed by atoms with Crippen LogP contribution in [-0.2, 0) is 11.3 Å². The van der Waals surface area contributed by atoms with Gasteiger partial charge in [0.1, 0.15) is 17.8 Å². The summed E-state index contributed by atoms with van der Waals surface area (Å²) in [5.74, 6) is 1.54. The number of hydrogen-bond acceptors (Lipinski definition) is 5. The standard InChI is InChI=1S/C26H27ClN2O3/c1-31-24-10-6-11-25(32-2)26(24)23-9-5-7-21(17-30)29(23)16-18-13-19(15-20(27)14-18)22-8-3-4-12-28-22/h3-4,6,8,10-15,17,21,23H,5,7,9,16H2,1-2H3. The molecule has 0 amide bonds. The number of aldehydes is 1. The molecule has 2 atom stereocenters. The third-order valence-corrected chi connectivity index (χ3v) is 6.26. The summed E-state index contributed by atoms with van der Waals surface area (Å²) in [6.07, 6.45) is 5.52. The highest BCUT2D eigenvalue weighted by Crippen LogP contribution is 2.43. The highest BCUT2D eigenvalue weighted by Gasteiger charge is 2.35. The van der Waals surface area contributed by atoms with Crippen LogP contribution in [0.25, 0.3) is 11.3 Å². The summed E-state index contributed by atoms with van der Waals surface area (Å²) in [6, 6.07) is 17.4. The van der Waals surface area contributed by atoms with Gasteiger partial charge in [0.25, 0.3) is 0 Å². The Kier molecular flexibility index (Phi) is 7.08. The molecule has 2 unspecified atom stereocenters. The number of hydrogen-bond donors (Lipinski definition) is 0. The molecular weight excluding hydrogens is 424 g/mol. The van der Waals surface area contributed by atoms with Crippen molar-refractivity contribution in [2.24, 2.45) is 0 Å². The fourth-order valence-corrected chi connectivity index (χ4v) is 4.87. The van der Waals surface area contributed by atoms with E-state index in [9.17, 15) is 4.79 Å². The molecular formula is C26H27ClN2O3. The average Bonchev–Trinajstić information content (AvgIpc) is 2.84. The third-order valence-electron chi connectivity index (χ3n) is 6.04. The number of aromatic nitrogens is 1. The van der Waals surface area contributed by atoms with Gasteiger partial charge in [0, 0.05) is 29.4 Å². The lowest BCUT2D eigenvalue weighted by molar-refractivity contribution is -0.115. The summed E-state index contributed by atoms with van der Waals surface area (Å²) in [7, 11) is 3.33. The summed E-state index contributed by atoms with van der Waals surface area (Å²) in [5.41, 5.74) is 3.84. The zero-order valence-corrected chi connectivity index (χ0v) is 19.1. The topological polar surface area (TPSA) is 51.7 Å². The fraction of sp³-hybridized carbons (Fsp3) is 0.308. The SMILES string of the molecule is COc1cccc(OC)c1C1CCCC(C=O)N1Cc1cc(Cl)cc(-c2ccccn2)c1. The first kappa shape index (κ1) is 22.3. The molecule has 6 heteroatoms. The number of rotatable bonds is 7. The summed E-state index contributed by atoms with van der Waals surface area (Å²) in [4.78, 5) is 18.8. The summed E-state index contributed by atoms with van der Waals surface area (Å²) in [5, 5.41) is 0.647. The third kappa shape index (κ3) is 4.64. The van der Waals surface area contributed by atoms with Gasteiger partial charge in [0.2, 0.25) is 0 Å². The average molecular weight is 451 g/mol. The number of carbonyl (C=O) groups excluding carboxylic acids is 1. The van der Waals surface area contributed by atoms with Crippen LogP contribution in [0, 0.1) is 0 Å². The maximum Gasteiger partial charge on any atom is 0.137 e. The molecule has 166 valence electrons. The van der Waals surface area contributed by atoms with Crippen LogP contribution in [0.2, 0.25) is 5.02 Å². The maximum atomic E-state index is 12.1. The van der Waals surface area contributed by atoms with E-state index in [1.165, 1.54) is 0 Å². The molecule has 0 aliphatic carbocycles. The van der Waals surface area contributed by atoms with E-state index in [4.69, 9.17) is 21.1 Å². The number of piperidine rings is 1. The van der Waals surface area contributed by atoms with E-state index >= 15 is 0 Å². The van der Waals surface area contributed by atoms with Crippen molar-refractivity contribution in [1.82, 2.24) is 9.88 Å². The molecule has 1 aromatic heterocycles. The Labute approximate surface area is 193 Å². The minimum absolute atomic E-state index is 0.0117. The number of ether oxygens (including phenoxy) is 2. The Balaban J connectivity index is 1.74. The molecule has 0 bridgehead atoms. The number of halogens is 1. The van der Waals surface area contributed by atoms with Crippen LogP contribution < -0.4 is 9.47 Å². The van der Waals surface area contributed by atoms with E-state index in [0.717, 1.165) is 59.4 Å². The molecule has 1 fully saturated rings. The van der Waals surface area contributed by atoms with Gasteiger partial charge in [0.05, 0.1) is 31.5 Å². The number of carbonyl (C=O) groups is 1. The van der Waals surface area contributed by atoms with E-state index in [-0.39, 0.29) is 12.1 Å². The fourth-order valence-electron chi connectivity index (χ4n) is 4.61. The first-order valence-corrected chi connectivity index (χ1v) is 11.1. The Hall–Kier alpha value is -2.89. The Morgan fingerprint density at radius 2 is 1.84 bits per heavy atom. The zero-order chi connectivity index (χ0) is 22.5. The van der Waals surface area contributed by atoms with Gasteiger partial charge >= 0.3 is 0 Å². The Bertz CT molecular complexity index is 1050. The number of pyridine rings is 1. The Morgan fingerprint density at radius 1 is 1.06 bits per heavy atom. The smallest absolute Gasteiger partial charge is 0.137 e. The van der Waals surface area contributed by atoms with E-state index in [0.29, 0.717) is 11.6 Å². The predicted molar refractivity (Wildman–Crippen MR) is 126 cm³/mol. The van der Waals surface area contributed by atoms with Crippen molar-refractivity contribution < 1.29 is 14.3 Å². The number of likely N-dealkylation sites (tertiary alicyclic amines) is 1. The summed E-state index contributed by atoms with van der Waals surface area (Å²) < 4.78 is 11.4. The second-order valence-corrected chi connectivity index (χ2v) is 8.40. The first-order valence-electron chi connectivity index (χ1n) is 10.8. The largest absolute Gasteiger partial charge is 0.496 e. The lowest BCUT2D eigenvalue weighted by Crippen LogP contribution is -2.42. The lowest BCUT2D eigenvalue weighted by Gasteiger charge is -2.41.